The summed E-state index contributed by atoms with van der Waals surface area (Å²) in [6, 6.07) is 10.1. The lowest BCUT2D eigenvalue weighted by Gasteiger charge is -2.09. The highest BCUT2D eigenvalue weighted by Crippen LogP contribution is 2.27. The van der Waals surface area contributed by atoms with Crippen LogP contribution >= 0.6 is 12.2 Å². The second-order valence-electron chi connectivity index (χ2n) is 5.24. The van der Waals surface area contributed by atoms with Crippen LogP contribution in [-0.2, 0) is 0 Å². The third-order valence-corrected chi connectivity index (χ3v) is 4.04. The zero-order valence-electron chi connectivity index (χ0n) is 13.4. The average Bonchev–Trinajstić information content (AvgIpc) is 2.66. The third kappa shape index (κ3) is 3.17. The smallest absolute Gasteiger partial charge is 0.270 e. The Kier molecular flexibility index (Phi) is 4.50. The van der Waals surface area contributed by atoms with Gasteiger partial charge in [0.15, 0.2) is 5.82 Å². The van der Waals surface area contributed by atoms with E-state index >= 15 is 0 Å². The fraction of sp³-hybridized carbons (Fsp3) is 0.0625. The minimum atomic E-state index is -0.514. The van der Waals surface area contributed by atoms with Crippen LogP contribution in [0.4, 0.5) is 11.4 Å². The van der Waals surface area contributed by atoms with Gasteiger partial charge >= 0.3 is 0 Å². The molecule has 0 bridgehead atoms. The molecule has 0 aliphatic heterocycles. The summed E-state index contributed by atoms with van der Waals surface area (Å²) in [5, 5.41) is 25.2. The number of rotatable bonds is 4. The molecule has 10 heteroatoms. The van der Waals surface area contributed by atoms with Crippen LogP contribution in [0.1, 0.15) is 5.69 Å². The largest absolute Gasteiger partial charge is 0.378 e. The summed E-state index contributed by atoms with van der Waals surface area (Å²) >= 11 is 5.26. The molecule has 0 radical (unpaired) electrons. The molecule has 0 atom stereocenters. The van der Waals surface area contributed by atoms with Gasteiger partial charge in [-0.15, -0.1) is 0 Å². The predicted molar refractivity (Wildman–Crippen MR) is 99.0 cm³/mol. The summed E-state index contributed by atoms with van der Waals surface area (Å²) in [4.78, 5) is 30.1. The first kappa shape index (κ1) is 17.3. The summed E-state index contributed by atoms with van der Waals surface area (Å²) in [5.74, 6) is 0.239. The Morgan fingerprint density at radius 1 is 1.04 bits per heavy atom. The highest BCUT2D eigenvalue weighted by atomic mass is 32.1. The van der Waals surface area contributed by atoms with Crippen LogP contribution in [-0.4, -0.2) is 31.9 Å². The molecule has 1 heterocycles. The van der Waals surface area contributed by atoms with Crippen molar-refractivity contribution in [2.45, 2.75) is 0 Å². The summed E-state index contributed by atoms with van der Waals surface area (Å²) in [7, 11) is 1.61. The van der Waals surface area contributed by atoms with Crippen molar-refractivity contribution in [1.29, 1.82) is 0 Å². The van der Waals surface area contributed by atoms with E-state index in [-0.39, 0.29) is 22.2 Å². The van der Waals surface area contributed by atoms with E-state index in [1.54, 1.807) is 13.1 Å². The minimum absolute atomic E-state index is 0.0901. The molecule has 0 aliphatic carbocycles. The molecular weight excluding hydrogens is 358 g/mol. The molecule has 0 saturated carbocycles. The lowest BCUT2D eigenvalue weighted by Crippen LogP contribution is -2.19. The van der Waals surface area contributed by atoms with Gasteiger partial charge in [0, 0.05) is 42.3 Å². The van der Waals surface area contributed by atoms with Crippen LogP contribution in [0.5, 0.6) is 0 Å². The van der Waals surface area contributed by atoms with Gasteiger partial charge in [-0.25, -0.2) is 9.97 Å². The number of aromatic nitrogens is 2. The van der Waals surface area contributed by atoms with E-state index in [1.165, 1.54) is 36.4 Å². The van der Waals surface area contributed by atoms with Gasteiger partial charge in [-0.1, -0.05) is 24.4 Å². The van der Waals surface area contributed by atoms with Gasteiger partial charge < -0.3 is 5.32 Å². The van der Waals surface area contributed by atoms with E-state index in [1.807, 2.05) is 0 Å². The molecular formula is C16H11N5O4S. The number of nitrogens with one attached hydrogen (secondary N) is 1. The second kappa shape index (κ2) is 6.76. The maximum atomic E-state index is 11.0. The third-order valence-electron chi connectivity index (χ3n) is 3.65. The fourth-order valence-electron chi connectivity index (χ4n) is 2.41. The zero-order chi connectivity index (χ0) is 18.8. The van der Waals surface area contributed by atoms with Crippen molar-refractivity contribution in [2.24, 2.45) is 0 Å². The summed E-state index contributed by atoms with van der Waals surface area (Å²) in [6.45, 7) is 0. The highest BCUT2D eigenvalue weighted by molar-refractivity contribution is 7.80. The number of thiocarbonyl (C=S) groups is 1. The average molecular weight is 369 g/mol. The Balaban J connectivity index is 2.27. The van der Waals surface area contributed by atoms with Gasteiger partial charge in [0.2, 0.25) is 0 Å². The summed E-state index contributed by atoms with van der Waals surface area (Å²) in [6.07, 6.45) is 0. The van der Waals surface area contributed by atoms with Crippen molar-refractivity contribution in [3.63, 3.8) is 0 Å². The number of nitrogens with zero attached hydrogens (tertiary/aromatic N) is 4. The molecule has 1 aromatic heterocycles. The standard InChI is InChI=1S/C16H11N5O4S/c1-17-16(26)14-12-8-11(21(24)25)5-6-13(12)18-15(19-14)9-3-2-4-10(7-9)20(22)23/h2-8H,1H3,(H,17,26). The van der Waals surface area contributed by atoms with Gasteiger partial charge in [0.25, 0.3) is 11.4 Å². The molecule has 0 aliphatic rings. The lowest BCUT2D eigenvalue weighted by atomic mass is 10.1. The van der Waals surface area contributed by atoms with Gasteiger partial charge in [-0.2, -0.15) is 0 Å². The minimum Gasteiger partial charge on any atom is -0.378 e. The van der Waals surface area contributed by atoms with Crippen LogP contribution in [0.25, 0.3) is 22.3 Å². The Labute approximate surface area is 152 Å². The Hall–Kier alpha value is -3.53. The van der Waals surface area contributed by atoms with Gasteiger partial charge in [0.05, 0.1) is 15.4 Å². The Morgan fingerprint density at radius 2 is 1.73 bits per heavy atom. The number of non-ortho nitro benzene ring substituents is 2. The molecule has 26 heavy (non-hydrogen) atoms. The molecule has 3 rings (SSSR count). The van der Waals surface area contributed by atoms with Crippen molar-refractivity contribution < 1.29 is 9.85 Å². The summed E-state index contributed by atoms with van der Waals surface area (Å²) in [5.41, 5.74) is 1.01. The number of benzene rings is 2. The fourth-order valence-corrected chi connectivity index (χ4v) is 2.56. The normalized spacial score (nSPS) is 10.5. The number of nitro groups is 2. The molecule has 2 aromatic carbocycles. The molecule has 0 amide bonds. The quantitative estimate of drug-likeness (QED) is 0.423. The van der Waals surface area contributed by atoms with E-state index in [9.17, 15) is 20.2 Å². The van der Waals surface area contributed by atoms with Crippen molar-refractivity contribution >= 4 is 39.5 Å². The number of nitro benzene ring substituents is 2. The van der Waals surface area contributed by atoms with E-state index in [0.29, 0.717) is 22.2 Å². The van der Waals surface area contributed by atoms with Crippen molar-refractivity contribution in [2.75, 3.05) is 7.05 Å². The summed E-state index contributed by atoms with van der Waals surface area (Å²) < 4.78 is 0. The van der Waals surface area contributed by atoms with E-state index in [0.717, 1.165) is 0 Å². The first-order chi connectivity index (χ1) is 12.4. The first-order valence-corrected chi connectivity index (χ1v) is 7.74. The zero-order valence-corrected chi connectivity index (χ0v) is 14.2. The highest BCUT2D eigenvalue weighted by Gasteiger charge is 2.17. The van der Waals surface area contributed by atoms with Crippen LogP contribution in [0.3, 0.4) is 0 Å². The van der Waals surface area contributed by atoms with E-state index < -0.39 is 9.85 Å². The predicted octanol–water partition coefficient (Wildman–Crippen LogP) is 3.01. The molecule has 9 nitrogen and oxygen atoms in total. The van der Waals surface area contributed by atoms with Gasteiger partial charge in [-0.3, -0.25) is 20.2 Å². The molecule has 0 saturated heterocycles. The monoisotopic (exact) mass is 369 g/mol. The molecule has 1 N–H and O–H groups in total. The Morgan fingerprint density at radius 3 is 2.38 bits per heavy atom. The molecule has 0 fully saturated rings. The van der Waals surface area contributed by atoms with E-state index in [4.69, 9.17) is 12.2 Å². The topological polar surface area (TPSA) is 124 Å². The van der Waals surface area contributed by atoms with Crippen molar-refractivity contribution in [3.8, 4) is 11.4 Å². The molecule has 3 aromatic rings. The van der Waals surface area contributed by atoms with Crippen LogP contribution in [0.2, 0.25) is 0 Å². The molecule has 130 valence electrons. The van der Waals surface area contributed by atoms with Gasteiger partial charge in [0.1, 0.15) is 10.7 Å². The SMILES string of the molecule is CNC(=S)c1nc(-c2cccc([N+](=O)[O-])c2)nc2ccc([N+](=O)[O-])cc12. The van der Waals surface area contributed by atoms with Gasteiger partial charge in [-0.05, 0) is 6.07 Å². The molecule has 0 unspecified atom stereocenters. The maximum Gasteiger partial charge on any atom is 0.270 e. The first-order valence-electron chi connectivity index (χ1n) is 7.34. The lowest BCUT2D eigenvalue weighted by molar-refractivity contribution is -0.384. The Bertz CT molecular complexity index is 1070. The molecule has 0 spiro atoms. The van der Waals surface area contributed by atoms with E-state index in [2.05, 4.69) is 15.3 Å². The number of hydrogen-bond acceptors (Lipinski definition) is 7. The number of fused-ring (bicyclic) bond motifs is 1. The van der Waals surface area contributed by atoms with Crippen LogP contribution in [0.15, 0.2) is 42.5 Å². The van der Waals surface area contributed by atoms with Crippen LogP contribution in [0, 0.1) is 20.2 Å². The van der Waals surface area contributed by atoms with Crippen molar-refractivity contribution in [1.82, 2.24) is 15.3 Å². The second-order valence-corrected chi connectivity index (χ2v) is 5.65. The maximum absolute atomic E-state index is 11.0. The number of hydrogen-bond donors (Lipinski definition) is 1. The van der Waals surface area contributed by atoms with Crippen molar-refractivity contribution in [3.05, 3.63) is 68.4 Å². The van der Waals surface area contributed by atoms with Crippen LogP contribution < -0.4 is 5.32 Å².